The van der Waals surface area contributed by atoms with Gasteiger partial charge in [-0.1, -0.05) is 0 Å². The quantitative estimate of drug-likeness (QED) is 0.482. The number of benzene rings is 1. The third-order valence-corrected chi connectivity index (χ3v) is 4.19. The molecule has 0 amide bonds. The molecule has 0 aliphatic heterocycles. The van der Waals surface area contributed by atoms with Crippen molar-refractivity contribution in [1.82, 2.24) is 0 Å². The van der Waals surface area contributed by atoms with E-state index < -0.39 is 49.2 Å². The number of anilines is 1. The summed E-state index contributed by atoms with van der Waals surface area (Å²) in [6.07, 6.45) is 0. The lowest BCUT2D eigenvalue weighted by molar-refractivity contribution is -0.384. The molecule has 1 rings (SSSR count). The van der Waals surface area contributed by atoms with Crippen molar-refractivity contribution in [3.05, 3.63) is 28.3 Å². The van der Waals surface area contributed by atoms with Gasteiger partial charge >= 0.3 is 11.7 Å². The fourth-order valence-electron chi connectivity index (χ4n) is 1.43. The molecular weight excluding hydrogens is 342 g/mol. The zero-order chi connectivity index (χ0) is 18.0. The Balaban J connectivity index is 3.22. The van der Waals surface area contributed by atoms with Gasteiger partial charge in [0, 0.05) is 6.07 Å². The number of aliphatic hydroxyl groups is 1. The minimum atomic E-state index is -5.02. The van der Waals surface area contributed by atoms with Crippen molar-refractivity contribution in [3.8, 4) is 0 Å². The van der Waals surface area contributed by atoms with Crippen LogP contribution in [0.5, 0.6) is 0 Å². The van der Waals surface area contributed by atoms with Crippen molar-refractivity contribution < 1.29 is 37.1 Å². The smallest absolute Gasteiger partial charge is 0.341 e. The Labute approximate surface area is 128 Å². The molecule has 0 fully saturated rings. The fraction of sp³-hybridized carbons (Fsp3) is 0.364. The van der Waals surface area contributed by atoms with Crippen LogP contribution in [-0.2, 0) is 14.6 Å². The number of nitro benzene ring substituents is 1. The Morgan fingerprint density at radius 3 is 2.48 bits per heavy atom. The molecule has 3 N–H and O–H groups in total. The van der Waals surface area contributed by atoms with E-state index in [1.807, 2.05) is 0 Å². The second-order valence-corrected chi connectivity index (χ2v) is 6.59. The maximum atomic E-state index is 12.5. The second kappa shape index (κ2) is 6.42. The number of hydrogen-bond acceptors (Lipinski definition) is 7. The van der Waals surface area contributed by atoms with Crippen molar-refractivity contribution in [2.45, 2.75) is 23.2 Å². The molecule has 0 radical (unpaired) electrons. The lowest BCUT2D eigenvalue weighted by atomic mass is 10.1. The van der Waals surface area contributed by atoms with Crippen LogP contribution < -0.4 is 5.32 Å². The number of aliphatic carboxylic acids is 1. The molecule has 0 aliphatic carbocycles. The number of nitrogens with zero attached hydrogens (tertiary/aromatic N) is 1. The zero-order valence-corrected chi connectivity index (χ0v) is 12.4. The highest BCUT2D eigenvalue weighted by atomic mass is 32.2. The van der Waals surface area contributed by atoms with E-state index in [0.29, 0.717) is 12.1 Å². The molecule has 1 unspecified atom stereocenters. The van der Waals surface area contributed by atoms with Crippen LogP contribution in [0.25, 0.3) is 0 Å². The molecule has 0 heterocycles. The molecule has 23 heavy (non-hydrogen) atoms. The third-order valence-electron chi connectivity index (χ3n) is 2.81. The first-order valence-corrected chi connectivity index (χ1v) is 7.44. The maximum Gasteiger partial charge on any atom is 0.341 e. The third kappa shape index (κ3) is 4.10. The lowest BCUT2D eigenvalue weighted by Gasteiger charge is -2.19. The number of hydrogen-bond donors (Lipinski definition) is 3. The first kappa shape index (κ1) is 18.7. The van der Waals surface area contributed by atoms with E-state index in [1.165, 1.54) is 0 Å². The maximum absolute atomic E-state index is 12.5. The standard InChI is InChI=1S/C11H12F2N2O7S/c1-11(18,9(16)17)5-14-7-3-2-6(4-8(7)15(19)20)23(21,22)10(12)13/h2-4,10,14,18H,5H2,1H3,(H,16,17). The number of nitrogens with one attached hydrogen (secondary N) is 1. The first-order chi connectivity index (χ1) is 10.4. The van der Waals surface area contributed by atoms with Crippen LogP contribution in [0, 0.1) is 10.1 Å². The van der Waals surface area contributed by atoms with Gasteiger partial charge in [0.2, 0.25) is 9.84 Å². The van der Waals surface area contributed by atoms with Crippen LogP contribution in [0.4, 0.5) is 20.2 Å². The minimum Gasteiger partial charge on any atom is -0.479 e. The van der Waals surface area contributed by atoms with Gasteiger partial charge in [0.05, 0.1) is 16.4 Å². The molecule has 1 aromatic rings. The molecule has 128 valence electrons. The van der Waals surface area contributed by atoms with Gasteiger partial charge in [-0.3, -0.25) is 10.1 Å². The Bertz CT molecular complexity index is 734. The predicted octanol–water partition coefficient (Wildman–Crippen LogP) is 0.839. The minimum absolute atomic E-state index is 0.329. The Morgan fingerprint density at radius 2 is 2.04 bits per heavy atom. The molecule has 0 saturated heterocycles. The SMILES string of the molecule is CC(O)(CNc1ccc(S(=O)(=O)C(F)F)cc1[N+](=O)[O-])C(=O)O. The molecule has 1 atom stereocenters. The van der Waals surface area contributed by atoms with Gasteiger partial charge in [-0.25, -0.2) is 13.2 Å². The molecule has 0 saturated carbocycles. The number of nitro groups is 1. The van der Waals surface area contributed by atoms with Gasteiger partial charge in [-0.05, 0) is 19.1 Å². The van der Waals surface area contributed by atoms with E-state index in [0.717, 1.165) is 13.0 Å². The Hall–Kier alpha value is -2.34. The number of carbonyl (C=O) groups is 1. The molecule has 0 bridgehead atoms. The predicted molar refractivity (Wildman–Crippen MR) is 73.0 cm³/mol. The number of sulfone groups is 1. The van der Waals surface area contributed by atoms with Gasteiger partial charge in [-0.15, -0.1) is 0 Å². The van der Waals surface area contributed by atoms with Crippen LogP contribution >= 0.6 is 0 Å². The van der Waals surface area contributed by atoms with Crippen molar-refractivity contribution in [3.63, 3.8) is 0 Å². The van der Waals surface area contributed by atoms with E-state index in [4.69, 9.17) is 5.11 Å². The summed E-state index contributed by atoms with van der Waals surface area (Å²) in [5.74, 6) is -5.33. The topological polar surface area (TPSA) is 147 Å². The summed E-state index contributed by atoms with van der Waals surface area (Å²) in [5, 5.41) is 31.4. The average Bonchev–Trinajstić information content (AvgIpc) is 2.44. The van der Waals surface area contributed by atoms with E-state index in [9.17, 15) is 37.2 Å². The van der Waals surface area contributed by atoms with Gasteiger partial charge in [0.15, 0.2) is 5.60 Å². The van der Waals surface area contributed by atoms with Crippen LogP contribution in [0.3, 0.4) is 0 Å². The van der Waals surface area contributed by atoms with Gasteiger partial charge < -0.3 is 15.5 Å². The van der Waals surface area contributed by atoms with E-state index in [2.05, 4.69) is 5.32 Å². The summed E-state index contributed by atoms with van der Waals surface area (Å²) in [4.78, 5) is 19.7. The highest BCUT2D eigenvalue weighted by molar-refractivity contribution is 7.91. The first-order valence-electron chi connectivity index (χ1n) is 5.89. The van der Waals surface area contributed by atoms with E-state index >= 15 is 0 Å². The van der Waals surface area contributed by atoms with E-state index in [1.54, 1.807) is 0 Å². The van der Waals surface area contributed by atoms with Crippen molar-refractivity contribution in [2.24, 2.45) is 0 Å². The Kier molecular flexibility index (Phi) is 5.22. The number of carboxylic acid groups (broad SMARTS) is 1. The molecule has 9 nitrogen and oxygen atoms in total. The molecule has 12 heteroatoms. The van der Waals surface area contributed by atoms with Crippen LogP contribution in [-0.4, -0.2) is 47.4 Å². The molecule has 1 aromatic carbocycles. The molecule has 0 spiro atoms. The zero-order valence-electron chi connectivity index (χ0n) is 11.6. The number of rotatable bonds is 7. The van der Waals surface area contributed by atoms with Gasteiger partial charge in [0.1, 0.15) is 5.69 Å². The summed E-state index contributed by atoms with van der Waals surface area (Å²) in [6.45, 7) is 0.300. The van der Waals surface area contributed by atoms with Crippen molar-refractivity contribution in [1.29, 1.82) is 0 Å². The van der Waals surface area contributed by atoms with Crippen LogP contribution in [0.15, 0.2) is 23.1 Å². The number of carboxylic acids is 1. The highest BCUT2D eigenvalue weighted by Crippen LogP contribution is 2.30. The molecular formula is C11H12F2N2O7S. The second-order valence-electron chi connectivity index (χ2n) is 4.67. The summed E-state index contributed by atoms with van der Waals surface area (Å²) in [6, 6.07) is 1.98. The summed E-state index contributed by atoms with van der Waals surface area (Å²) < 4.78 is 47.5. The monoisotopic (exact) mass is 354 g/mol. The van der Waals surface area contributed by atoms with E-state index in [-0.39, 0.29) is 5.69 Å². The van der Waals surface area contributed by atoms with Crippen molar-refractivity contribution in [2.75, 3.05) is 11.9 Å². The molecule has 0 aliphatic rings. The number of alkyl halides is 2. The van der Waals surface area contributed by atoms with Gasteiger partial charge in [0.25, 0.3) is 5.69 Å². The van der Waals surface area contributed by atoms with Crippen LogP contribution in [0.2, 0.25) is 0 Å². The summed E-state index contributed by atoms with van der Waals surface area (Å²) in [5.41, 5.74) is -3.43. The molecule has 0 aromatic heterocycles. The lowest BCUT2D eigenvalue weighted by Crippen LogP contribution is -2.41. The van der Waals surface area contributed by atoms with Gasteiger partial charge in [-0.2, -0.15) is 8.78 Å². The largest absolute Gasteiger partial charge is 0.479 e. The summed E-state index contributed by atoms with van der Waals surface area (Å²) in [7, 11) is -5.02. The highest BCUT2D eigenvalue weighted by Gasteiger charge is 2.32. The Morgan fingerprint density at radius 1 is 1.48 bits per heavy atom. The average molecular weight is 354 g/mol. The normalized spacial score (nSPS) is 14.3. The van der Waals surface area contributed by atoms with Crippen molar-refractivity contribution >= 4 is 27.2 Å². The van der Waals surface area contributed by atoms with Crippen LogP contribution in [0.1, 0.15) is 6.92 Å². The fourth-order valence-corrected chi connectivity index (χ4v) is 2.17. The number of halogens is 2. The summed E-state index contributed by atoms with van der Waals surface area (Å²) >= 11 is 0.